The Balaban J connectivity index is 2.32. The fourth-order valence-electron chi connectivity index (χ4n) is 2.43. The first-order valence-electron chi connectivity index (χ1n) is 9.81. The summed E-state index contributed by atoms with van der Waals surface area (Å²) in [6.07, 6.45) is 0. The molecule has 3 aromatic carbocycles. The van der Waals surface area contributed by atoms with Crippen LogP contribution in [0.1, 0.15) is 9.60 Å². The van der Waals surface area contributed by atoms with Crippen LogP contribution in [0.3, 0.4) is 0 Å². The van der Waals surface area contributed by atoms with Gasteiger partial charge in [0.25, 0.3) is 0 Å². The van der Waals surface area contributed by atoms with Gasteiger partial charge in [-0.25, -0.2) is 0 Å². The maximum atomic E-state index is 8.70. The molecule has 1 nitrogen and oxygen atoms in total. The molecular weight excluding hydrogens is 242 g/mol. The van der Waals surface area contributed by atoms with Crippen LogP contribution < -0.4 is 0 Å². The monoisotopic (exact) mass is 264 g/mol. The molecule has 0 spiro atoms. The van der Waals surface area contributed by atoms with E-state index >= 15 is 0 Å². The van der Waals surface area contributed by atoms with Gasteiger partial charge in [-0.05, 0) is 23.2 Å². The summed E-state index contributed by atoms with van der Waals surface area (Å²) in [4.78, 5) is 0. The van der Waals surface area contributed by atoms with Crippen molar-refractivity contribution in [2.45, 2.75) is 0 Å². The molecule has 0 N–H and O–H groups in total. The molecule has 0 atom stereocenters. The average Bonchev–Trinajstić information content (AvgIpc) is 2.97. The van der Waals surface area contributed by atoms with E-state index in [2.05, 4.69) is 0 Å². The first-order valence-corrected chi connectivity index (χ1v) is 6.31. The first kappa shape index (κ1) is 6.27. The number of nitrogens with zero attached hydrogens (tertiary/aromatic N) is 1. The molecule has 0 saturated heterocycles. The third-order valence-electron chi connectivity index (χ3n) is 3.44. The molecule has 4 rings (SSSR count). The minimum Gasteiger partial charge on any atom is -0.344 e. The van der Waals surface area contributed by atoms with E-state index in [0.717, 1.165) is 0 Å². The maximum Gasteiger partial charge on any atom is 0.0652 e. The van der Waals surface area contributed by atoms with Crippen LogP contribution in [0.4, 0.5) is 0 Å². The molecule has 0 saturated carbocycles. The molecule has 0 aliphatic heterocycles. The molecule has 0 fully saturated rings. The van der Waals surface area contributed by atoms with Gasteiger partial charge in [0.1, 0.15) is 0 Å². The standard InChI is InChI=1S/C19H15N/c1-20-18-10-6-5-9-16(18)17-12-11-15(13-19(17)20)14-7-3-2-4-8-14/h2-13H,1H3/i5D,6D,9D,10D,11D,12D,13D. The van der Waals surface area contributed by atoms with Gasteiger partial charge in [-0.15, -0.1) is 0 Å². The minimum atomic E-state index is -0.385. The Morgan fingerprint density at radius 3 is 2.40 bits per heavy atom. The molecule has 1 heteroatoms. The van der Waals surface area contributed by atoms with Crippen molar-refractivity contribution in [2.24, 2.45) is 7.05 Å². The molecule has 0 bridgehead atoms. The van der Waals surface area contributed by atoms with E-state index in [1.165, 1.54) is 4.57 Å². The molecule has 0 aliphatic rings. The number of hydrogen-bond acceptors (Lipinski definition) is 0. The fourth-order valence-corrected chi connectivity index (χ4v) is 2.43. The summed E-state index contributed by atoms with van der Waals surface area (Å²) in [5, 5.41) is 0.402. The molecule has 1 aromatic heterocycles. The smallest absolute Gasteiger partial charge is 0.0652 e. The van der Waals surface area contributed by atoms with Crippen LogP contribution in [0, 0.1) is 0 Å². The summed E-state index contributed by atoms with van der Waals surface area (Å²) in [7, 11) is 1.63. The summed E-state index contributed by atoms with van der Waals surface area (Å²) in [5.74, 6) is 0. The lowest BCUT2D eigenvalue weighted by Crippen LogP contribution is -1.86. The SMILES string of the molecule is [2H]c1c([2H])c([2H])c2c(c1[2H])c1c([2H])c([2H])c(-c3ccccc3)c([2H])c1n2C. The molecule has 0 radical (unpaired) electrons. The Kier molecular flexibility index (Phi) is 1.33. The second-order valence-corrected chi connectivity index (χ2v) is 4.62. The summed E-state index contributed by atoms with van der Waals surface area (Å²) >= 11 is 0. The van der Waals surface area contributed by atoms with E-state index in [1.807, 2.05) is 6.07 Å². The van der Waals surface area contributed by atoms with Crippen LogP contribution in [-0.4, -0.2) is 4.57 Å². The van der Waals surface area contributed by atoms with Crippen molar-refractivity contribution in [1.82, 2.24) is 4.57 Å². The second-order valence-electron chi connectivity index (χ2n) is 4.62. The van der Waals surface area contributed by atoms with Gasteiger partial charge < -0.3 is 4.57 Å². The largest absolute Gasteiger partial charge is 0.344 e. The van der Waals surface area contributed by atoms with Crippen molar-refractivity contribution in [2.75, 3.05) is 0 Å². The lowest BCUT2D eigenvalue weighted by atomic mass is 10.0. The van der Waals surface area contributed by atoms with Crippen molar-refractivity contribution in [3.05, 3.63) is 72.6 Å². The van der Waals surface area contributed by atoms with Crippen molar-refractivity contribution in [1.29, 1.82) is 0 Å². The summed E-state index contributed by atoms with van der Waals surface area (Å²) in [6, 6.07) is 7.53. The molecule has 4 aromatic rings. The minimum absolute atomic E-state index is 0.0350. The lowest BCUT2D eigenvalue weighted by Gasteiger charge is -2.03. The van der Waals surface area contributed by atoms with E-state index in [4.69, 9.17) is 9.60 Å². The first-order chi connectivity index (χ1) is 12.8. The Labute approximate surface area is 127 Å². The number of fused-ring (bicyclic) bond motifs is 3. The van der Waals surface area contributed by atoms with Gasteiger partial charge in [-0.1, -0.05) is 60.5 Å². The van der Waals surface area contributed by atoms with Crippen LogP contribution in [0.15, 0.2) is 72.6 Å². The van der Waals surface area contributed by atoms with Crippen molar-refractivity contribution in [3.63, 3.8) is 0 Å². The Bertz CT molecular complexity index is 1240. The van der Waals surface area contributed by atoms with Crippen LogP contribution in [0.5, 0.6) is 0 Å². The van der Waals surface area contributed by atoms with Crippen LogP contribution in [0.2, 0.25) is 0 Å². The van der Waals surface area contributed by atoms with Crippen molar-refractivity contribution >= 4 is 21.8 Å². The maximum absolute atomic E-state index is 8.70. The average molecular weight is 264 g/mol. The molecule has 96 valence electrons. The zero-order chi connectivity index (χ0) is 19.6. The predicted molar refractivity (Wildman–Crippen MR) is 85.9 cm³/mol. The number of hydrogen-bond donors (Lipinski definition) is 0. The van der Waals surface area contributed by atoms with Gasteiger partial charge in [0.15, 0.2) is 0 Å². The number of aryl methyl sites for hydroxylation is 1. The molecule has 1 heterocycles. The molecular formula is C19H15N. The highest BCUT2D eigenvalue weighted by atomic mass is 14.9. The normalized spacial score (nSPS) is 16.1. The molecule has 20 heavy (non-hydrogen) atoms. The van der Waals surface area contributed by atoms with E-state index in [-0.39, 0.29) is 58.6 Å². The summed E-state index contributed by atoms with van der Waals surface area (Å²) in [6.45, 7) is 0. The third-order valence-corrected chi connectivity index (χ3v) is 3.44. The quantitative estimate of drug-likeness (QED) is 0.456. The molecule has 0 amide bonds. The topological polar surface area (TPSA) is 4.93 Å². The Morgan fingerprint density at radius 2 is 1.55 bits per heavy atom. The lowest BCUT2D eigenvalue weighted by molar-refractivity contribution is 1.01. The van der Waals surface area contributed by atoms with E-state index in [1.54, 1.807) is 31.3 Å². The van der Waals surface area contributed by atoms with E-state index < -0.39 is 0 Å². The third kappa shape index (κ3) is 1.56. The zero-order valence-electron chi connectivity index (χ0n) is 17.8. The van der Waals surface area contributed by atoms with Crippen LogP contribution in [-0.2, 0) is 7.05 Å². The van der Waals surface area contributed by atoms with Gasteiger partial charge >= 0.3 is 0 Å². The Hall–Kier alpha value is -2.54. The van der Waals surface area contributed by atoms with E-state index in [9.17, 15) is 0 Å². The van der Waals surface area contributed by atoms with Gasteiger partial charge in [-0.2, -0.15) is 0 Å². The van der Waals surface area contributed by atoms with Gasteiger partial charge in [0.05, 0.1) is 9.60 Å². The summed E-state index contributed by atoms with van der Waals surface area (Å²) in [5.41, 5.74) is 1.53. The second kappa shape index (κ2) is 4.24. The van der Waals surface area contributed by atoms with Gasteiger partial charge in [0, 0.05) is 28.9 Å². The van der Waals surface area contributed by atoms with Crippen molar-refractivity contribution < 1.29 is 9.60 Å². The van der Waals surface area contributed by atoms with Crippen LogP contribution >= 0.6 is 0 Å². The number of para-hydroxylation sites is 1. The van der Waals surface area contributed by atoms with Gasteiger partial charge in [0.2, 0.25) is 0 Å². The molecule has 0 unspecified atom stereocenters. The highest BCUT2D eigenvalue weighted by Gasteiger charge is 2.08. The highest BCUT2D eigenvalue weighted by Crippen LogP contribution is 2.31. The number of rotatable bonds is 1. The number of aromatic nitrogens is 1. The fraction of sp³-hybridized carbons (Fsp3) is 0.0526. The Morgan fingerprint density at radius 1 is 0.800 bits per heavy atom. The zero-order valence-corrected chi connectivity index (χ0v) is 10.8. The van der Waals surface area contributed by atoms with Crippen LogP contribution in [0.25, 0.3) is 32.9 Å². The molecule has 0 aliphatic carbocycles. The predicted octanol–water partition coefficient (Wildman–Crippen LogP) is 5.00. The highest BCUT2D eigenvalue weighted by molar-refractivity contribution is 6.08. The summed E-state index contributed by atoms with van der Waals surface area (Å²) < 4.78 is 59.6. The van der Waals surface area contributed by atoms with E-state index in [0.29, 0.717) is 16.6 Å². The van der Waals surface area contributed by atoms with Gasteiger partial charge in [-0.3, -0.25) is 0 Å². The van der Waals surface area contributed by atoms with Crippen molar-refractivity contribution in [3.8, 4) is 11.1 Å². The number of benzene rings is 3.